The van der Waals surface area contributed by atoms with E-state index in [1.807, 2.05) is 19.3 Å². The van der Waals surface area contributed by atoms with Crippen LogP contribution < -0.4 is 11.3 Å². The van der Waals surface area contributed by atoms with Gasteiger partial charge in [0.2, 0.25) is 0 Å². The first kappa shape index (κ1) is 14.1. The lowest BCUT2D eigenvalue weighted by Gasteiger charge is -2.16. The van der Waals surface area contributed by atoms with Gasteiger partial charge in [-0.15, -0.1) is 11.8 Å². The van der Waals surface area contributed by atoms with Crippen LogP contribution in [0.4, 0.5) is 0 Å². The minimum atomic E-state index is 0.109. The van der Waals surface area contributed by atoms with Gasteiger partial charge in [-0.25, -0.2) is 0 Å². The average molecular weight is 273 g/mol. The highest BCUT2D eigenvalue weighted by Gasteiger charge is 2.10. The Kier molecular flexibility index (Phi) is 4.96. The zero-order valence-electron chi connectivity index (χ0n) is 11.3. The molecule has 0 amide bonds. The highest BCUT2D eigenvalue weighted by atomic mass is 32.2. The second-order valence-electron chi connectivity index (χ2n) is 4.64. The largest absolute Gasteiger partial charge is 0.271 e. The third-order valence-corrected chi connectivity index (χ3v) is 3.99. The molecule has 0 bridgehead atoms. The molecule has 1 heterocycles. The number of aromatic nitrogens is 1. The van der Waals surface area contributed by atoms with E-state index in [2.05, 4.69) is 47.7 Å². The maximum Gasteiger partial charge on any atom is 0.0569 e. The maximum absolute atomic E-state index is 5.66. The van der Waals surface area contributed by atoms with Crippen LogP contribution in [0, 0.1) is 13.8 Å². The Morgan fingerprint density at radius 3 is 2.74 bits per heavy atom. The van der Waals surface area contributed by atoms with E-state index in [4.69, 9.17) is 5.84 Å². The van der Waals surface area contributed by atoms with Crippen molar-refractivity contribution in [1.82, 2.24) is 10.4 Å². The van der Waals surface area contributed by atoms with Crippen molar-refractivity contribution in [2.75, 3.05) is 5.75 Å². The molecule has 0 saturated carbocycles. The van der Waals surface area contributed by atoms with Crippen LogP contribution in [0.2, 0.25) is 0 Å². The van der Waals surface area contributed by atoms with Crippen molar-refractivity contribution in [2.45, 2.75) is 24.8 Å². The van der Waals surface area contributed by atoms with Crippen LogP contribution in [-0.2, 0) is 0 Å². The smallest absolute Gasteiger partial charge is 0.0569 e. The summed E-state index contributed by atoms with van der Waals surface area (Å²) < 4.78 is 0. The fraction of sp³-hybridized carbons (Fsp3) is 0.267. The molecule has 2 aromatic rings. The number of hydrazine groups is 1. The van der Waals surface area contributed by atoms with Gasteiger partial charge in [0.25, 0.3) is 0 Å². The fourth-order valence-electron chi connectivity index (χ4n) is 1.89. The zero-order chi connectivity index (χ0) is 13.7. The van der Waals surface area contributed by atoms with Crippen molar-refractivity contribution in [3.8, 4) is 0 Å². The molecule has 0 aliphatic rings. The summed E-state index contributed by atoms with van der Waals surface area (Å²) >= 11 is 1.80. The van der Waals surface area contributed by atoms with Gasteiger partial charge in [-0.3, -0.25) is 16.3 Å². The molecule has 1 aromatic carbocycles. The molecule has 0 radical (unpaired) electrons. The van der Waals surface area contributed by atoms with Gasteiger partial charge >= 0.3 is 0 Å². The van der Waals surface area contributed by atoms with Gasteiger partial charge in [-0.2, -0.15) is 0 Å². The topological polar surface area (TPSA) is 50.9 Å². The number of thioether (sulfide) groups is 1. The van der Waals surface area contributed by atoms with Crippen molar-refractivity contribution in [2.24, 2.45) is 5.84 Å². The molecule has 100 valence electrons. The van der Waals surface area contributed by atoms with Gasteiger partial charge in [-0.1, -0.05) is 23.8 Å². The highest BCUT2D eigenvalue weighted by molar-refractivity contribution is 7.99. The first-order valence-electron chi connectivity index (χ1n) is 6.26. The Balaban J connectivity index is 2.04. The molecule has 1 atom stereocenters. The molecule has 3 nitrogen and oxygen atoms in total. The zero-order valence-corrected chi connectivity index (χ0v) is 12.1. The summed E-state index contributed by atoms with van der Waals surface area (Å²) in [5.41, 5.74) is 6.43. The van der Waals surface area contributed by atoms with Crippen LogP contribution in [0.15, 0.2) is 47.6 Å². The number of benzene rings is 1. The average Bonchev–Trinajstić information content (AvgIpc) is 2.40. The summed E-state index contributed by atoms with van der Waals surface area (Å²) in [6.07, 6.45) is 3.72. The van der Waals surface area contributed by atoms with Crippen molar-refractivity contribution in [1.29, 1.82) is 0 Å². The summed E-state index contributed by atoms with van der Waals surface area (Å²) in [5.74, 6) is 6.54. The Labute approximate surface area is 118 Å². The summed E-state index contributed by atoms with van der Waals surface area (Å²) in [7, 11) is 0. The molecule has 2 rings (SSSR count). The minimum absolute atomic E-state index is 0.109. The van der Waals surface area contributed by atoms with Crippen LogP contribution in [0.25, 0.3) is 0 Å². The lowest BCUT2D eigenvalue weighted by atomic mass is 10.1. The van der Waals surface area contributed by atoms with E-state index in [0.29, 0.717) is 0 Å². The van der Waals surface area contributed by atoms with Crippen molar-refractivity contribution in [3.63, 3.8) is 0 Å². The number of nitrogens with two attached hydrogens (primary N) is 1. The van der Waals surface area contributed by atoms with E-state index in [0.717, 1.165) is 16.9 Å². The Morgan fingerprint density at radius 1 is 1.21 bits per heavy atom. The molecule has 0 aliphatic carbocycles. The number of hydrogen-bond acceptors (Lipinski definition) is 4. The first-order valence-corrected chi connectivity index (χ1v) is 7.25. The molecule has 0 fully saturated rings. The van der Waals surface area contributed by atoms with E-state index in [1.54, 1.807) is 11.8 Å². The monoisotopic (exact) mass is 273 g/mol. The predicted octanol–water partition coefficient (Wildman–Crippen LogP) is 3.00. The van der Waals surface area contributed by atoms with Gasteiger partial charge in [0.1, 0.15) is 0 Å². The number of pyridine rings is 1. The number of nitrogens with zero attached hydrogens (tertiary/aromatic N) is 1. The quantitative estimate of drug-likeness (QED) is 0.499. The van der Waals surface area contributed by atoms with Gasteiger partial charge in [0, 0.05) is 23.0 Å². The molecular formula is C15H19N3S. The SMILES string of the molecule is Cc1cccc(SCC(NN)c2cncc(C)c2)c1. The van der Waals surface area contributed by atoms with Crippen LogP contribution in [0.3, 0.4) is 0 Å². The van der Waals surface area contributed by atoms with Gasteiger partial charge in [0.05, 0.1) is 6.04 Å². The molecule has 0 spiro atoms. The summed E-state index contributed by atoms with van der Waals surface area (Å²) in [5, 5.41) is 0. The normalized spacial score (nSPS) is 12.4. The van der Waals surface area contributed by atoms with E-state index < -0.39 is 0 Å². The fourth-order valence-corrected chi connectivity index (χ4v) is 2.99. The van der Waals surface area contributed by atoms with Gasteiger partial charge in [-0.05, 0) is 37.1 Å². The number of aryl methyl sites for hydroxylation is 2. The Morgan fingerprint density at radius 2 is 2.05 bits per heavy atom. The first-order chi connectivity index (χ1) is 9.19. The van der Waals surface area contributed by atoms with Crippen LogP contribution in [-0.4, -0.2) is 10.7 Å². The van der Waals surface area contributed by atoms with Crippen LogP contribution in [0.5, 0.6) is 0 Å². The van der Waals surface area contributed by atoms with Crippen molar-refractivity contribution in [3.05, 3.63) is 59.4 Å². The third-order valence-electron chi connectivity index (χ3n) is 2.91. The number of rotatable bonds is 5. The second kappa shape index (κ2) is 6.70. The number of nitrogens with one attached hydrogen (secondary N) is 1. The minimum Gasteiger partial charge on any atom is -0.271 e. The lowest BCUT2D eigenvalue weighted by Crippen LogP contribution is -2.29. The molecule has 0 saturated heterocycles. The summed E-state index contributed by atoms with van der Waals surface area (Å²) in [4.78, 5) is 5.48. The Bertz CT molecular complexity index is 542. The van der Waals surface area contributed by atoms with Crippen LogP contribution in [0.1, 0.15) is 22.7 Å². The van der Waals surface area contributed by atoms with Crippen LogP contribution >= 0.6 is 11.8 Å². The second-order valence-corrected chi connectivity index (χ2v) is 5.74. The van der Waals surface area contributed by atoms with Crippen molar-refractivity contribution < 1.29 is 0 Å². The standard InChI is InChI=1S/C15H19N3S/c1-11-4-3-5-14(7-11)19-10-15(18-16)13-6-12(2)8-17-9-13/h3-9,15,18H,10,16H2,1-2H3. The molecule has 1 unspecified atom stereocenters. The van der Waals surface area contributed by atoms with E-state index in [9.17, 15) is 0 Å². The summed E-state index contributed by atoms with van der Waals surface area (Å²) in [6.45, 7) is 4.14. The molecular weight excluding hydrogens is 254 g/mol. The summed E-state index contributed by atoms with van der Waals surface area (Å²) in [6, 6.07) is 10.7. The van der Waals surface area contributed by atoms with E-state index in [1.165, 1.54) is 10.5 Å². The van der Waals surface area contributed by atoms with Gasteiger partial charge in [0.15, 0.2) is 0 Å². The highest BCUT2D eigenvalue weighted by Crippen LogP contribution is 2.25. The molecule has 1 aromatic heterocycles. The van der Waals surface area contributed by atoms with Gasteiger partial charge < -0.3 is 0 Å². The Hall–Kier alpha value is -1.36. The van der Waals surface area contributed by atoms with Crippen molar-refractivity contribution >= 4 is 11.8 Å². The number of hydrogen-bond donors (Lipinski definition) is 2. The van der Waals surface area contributed by atoms with E-state index >= 15 is 0 Å². The predicted molar refractivity (Wildman–Crippen MR) is 80.9 cm³/mol. The third kappa shape index (κ3) is 4.06. The van der Waals surface area contributed by atoms with E-state index in [-0.39, 0.29) is 6.04 Å². The molecule has 0 aliphatic heterocycles. The maximum atomic E-state index is 5.66. The molecule has 19 heavy (non-hydrogen) atoms. The molecule has 3 N–H and O–H groups in total. The lowest BCUT2D eigenvalue weighted by molar-refractivity contribution is 0.608. The molecule has 4 heteroatoms.